The quantitative estimate of drug-likeness (QED) is 0.851. The number of hydrogen-bond donors (Lipinski definition) is 2. The van der Waals surface area contributed by atoms with E-state index in [2.05, 4.69) is 14.7 Å². The van der Waals surface area contributed by atoms with Crippen LogP contribution >= 0.6 is 0 Å². The fourth-order valence-corrected chi connectivity index (χ4v) is 3.04. The third-order valence-corrected chi connectivity index (χ3v) is 4.45. The van der Waals surface area contributed by atoms with Crippen LogP contribution in [0.5, 0.6) is 0 Å². The lowest BCUT2D eigenvalue weighted by atomic mass is 10.4. The predicted octanol–water partition coefficient (Wildman–Crippen LogP) is 0.872. The van der Waals surface area contributed by atoms with E-state index < -0.39 is 10.0 Å². The number of sulfonamides is 1. The van der Waals surface area contributed by atoms with Crippen LogP contribution in [0.3, 0.4) is 0 Å². The zero-order valence-corrected chi connectivity index (χ0v) is 11.5. The second-order valence-electron chi connectivity index (χ2n) is 4.69. The molecular formula is C12H15N5O2S. The summed E-state index contributed by atoms with van der Waals surface area (Å²) < 4.78 is 28.9. The van der Waals surface area contributed by atoms with Crippen molar-refractivity contribution < 1.29 is 8.42 Å². The van der Waals surface area contributed by atoms with Gasteiger partial charge in [0, 0.05) is 36.9 Å². The minimum absolute atomic E-state index is 0.0565. The zero-order chi connectivity index (χ0) is 14.2. The maximum absolute atomic E-state index is 12.3. The molecule has 8 heteroatoms. The second kappa shape index (κ2) is 4.88. The van der Waals surface area contributed by atoms with Crippen molar-refractivity contribution in [2.75, 3.05) is 4.72 Å². The largest absolute Gasteiger partial charge is 0.346 e. The molecule has 1 fully saturated rings. The predicted molar refractivity (Wildman–Crippen MR) is 73.4 cm³/mol. The zero-order valence-electron chi connectivity index (χ0n) is 10.7. The average molecular weight is 293 g/mol. The molecule has 1 aliphatic rings. The number of nitrogens with zero attached hydrogens (tertiary/aromatic N) is 3. The highest BCUT2D eigenvalue weighted by molar-refractivity contribution is 7.92. The van der Waals surface area contributed by atoms with Gasteiger partial charge in [0.15, 0.2) is 0 Å². The first-order valence-electron chi connectivity index (χ1n) is 6.31. The Bertz CT molecular complexity index is 707. The monoisotopic (exact) mass is 293 g/mol. The second-order valence-corrected chi connectivity index (χ2v) is 6.37. The molecule has 106 valence electrons. The number of nitrogens with one attached hydrogen (secondary N) is 1. The number of anilines is 1. The summed E-state index contributed by atoms with van der Waals surface area (Å²) in [4.78, 5) is 7.90. The van der Waals surface area contributed by atoms with Crippen molar-refractivity contribution >= 4 is 16.0 Å². The summed E-state index contributed by atoms with van der Waals surface area (Å²) in [5, 5.41) is 0. The van der Waals surface area contributed by atoms with Crippen LogP contribution < -0.4 is 10.5 Å². The Morgan fingerprint density at radius 2 is 2.05 bits per heavy atom. The average Bonchev–Trinajstić information content (AvgIpc) is 3.18. The minimum Gasteiger partial charge on any atom is -0.346 e. The third kappa shape index (κ3) is 2.52. The van der Waals surface area contributed by atoms with Gasteiger partial charge in [-0.25, -0.2) is 23.1 Å². The Kier molecular flexibility index (Phi) is 3.19. The molecule has 0 bridgehead atoms. The summed E-state index contributed by atoms with van der Waals surface area (Å²) in [6.07, 6.45) is 6.72. The lowest BCUT2D eigenvalue weighted by Gasteiger charge is -2.04. The van der Waals surface area contributed by atoms with Crippen molar-refractivity contribution in [3.8, 4) is 0 Å². The van der Waals surface area contributed by atoms with Gasteiger partial charge in [0.1, 0.15) is 4.90 Å². The van der Waals surface area contributed by atoms with Gasteiger partial charge in [-0.05, 0) is 25.0 Å². The molecule has 0 atom stereocenters. The molecule has 0 amide bonds. The van der Waals surface area contributed by atoms with E-state index in [0.29, 0.717) is 12.6 Å². The maximum atomic E-state index is 12.3. The van der Waals surface area contributed by atoms with E-state index in [4.69, 9.17) is 5.73 Å². The molecular weight excluding hydrogens is 278 g/mol. The van der Waals surface area contributed by atoms with Crippen molar-refractivity contribution in [2.24, 2.45) is 5.73 Å². The van der Waals surface area contributed by atoms with Gasteiger partial charge >= 0.3 is 0 Å². The van der Waals surface area contributed by atoms with E-state index in [1.165, 1.54) is 12.4 Å². The molecule has 2 aromatic rings. The van der Waals surface area contributed by atoms with E-state index in [0.717, 1.165) is 18.5 Å². The minimum atomic E-state index is -3.68. The van der Waals surface area contributed by atoms with Gasteiger partial charge in [0.05, 0.1) is 0 Å². The highest BCUT2D eigenvalue weighted by Crippen LogP contribution is 2.37. The molecule has 0 unspecified atom stereocenters. The Morgan fingerprint density at radius 1 is 1.35 bits per heavy atom. The lowest BCUT2D eigenvalue weighted by Crippen LogP contribution is -2.14. The van der Waals surface area contributed by atoms with E-state index in [-0.39, 0.29) is 10.8 Å². The van der Waals surface area contributed by atoms with E-state index in [9.17, 15) is 8.42 Å². The highest BCUT2D eigenvalue weighted by Gasteiger charge is 2.28. The molecule has 0 aliphatic heterocycles. The summed E-state index contributed by atoms with van der Waals surface area (Å²) in [7, 11) is -3.68. The number of nitrogens with two attached hydrogens (primary N) is 1. The summed E-state index contributed by atoms with van der Waals surface area (Å²) in [6, 6.07) is 3.60. The molecule has 0 radical (unpaired) electrons. The lowest BCUT2D eigenvalue weighted by molar-refractivity contribution is 0.600. The normalized spacial score (nSPS) is 15.2. The van der Waals surface area contributed by atoms with Crippen LogP contribution in [0.2, 0.25) is 0 Å². The van der Waals surface area contributed by atoms with Gasteiger partial charge in [-0.2, -0.15) is 0 Å². The van der Waals surface area contributed by atoms with Gasteiger partial charge in [0.2, 0.25) is 5.95 Å². The molecule has 20 heavy (non-hydrogen) atoms. The van der Waals surface area contributed by atoms with Crippen LogP contribution in [-0.2, 0) is 16.6 Å². The van der Waals surface area contributed by atoms with E-state index in [1.54, 1.807) is 18.3 Å². The fourth-order valence-electron chi connectivity index (χ4n) is 2.03. The van der Waals surface area contributed by atoms with Gasteiger partial charge in [-0.1, -0.05) is 0 Å². The fraction of sp³-hybridized carbons (Fsp3) is 0.333. The molecule has 7 nitrogen and oxygen atoms in total. The van der Waals surface area contributed by atoms with Crippen LogP contribution in [0.1, 0.15) is 24.6 Å². The van der Waals surface area contributed by atoms with Crippen LogP contribution in [0, 0.1) is 0 Å². The Balaban J connectivity index is 1.91. The summed E-state index contributed by atoms with van der Waals surface area (Å²) >= 11 is 0. The van der Waals surface area contributed by atoms with Crippen molar-refractivity contribution in [1.29, 1.82) is 0 Å². The highest BCUT2D eigenvalue weighted by atomic mass is 32.2. The van der Waals surface area contributed by atoms with Crippen molar-refractivity contribution in [3.05, 3.63) is 36.4 Å². The summed E-state index contributed by atoms with van der Waals surface area (Å²) in [5.74, 6) is 0.0565. The third-order valence-electron chi connectivity index (χ3n) is 3.16. The Labute approximate surface area is 116 Å². The van der Waals surface area contributed by atoms with E-state index in [1.807, 2.05) is 4.57 Å². The standard InChI is InChI=1S/C12H15N5O2S/c13-7-10-6-11(8-17(10)9-2-3-9)20(18,19)16-12-14-4-1-5-15-12/h1,4-6,8-9H,2-3,7,13H2,(H,14,15,16). The van der Waals surface area contributed by atoms with Gasteiger partial charge in [-0.3, -0.25) is 0 Å². The first-order valence-corrected chi connectivity index (χ1v) is 7.79. The van der Waals surface area contributed by atoms with Gasteiger partial charge in [0.25, 0.3) is 10.0 Å². The smallest absolute Gasteiger partial charge is 0.265 e. The molecule has 3 N–H and O–H groups in total. The molecule has 2 heterocycles. The van der Waals surface area contributed by atoms with Gasteiger partial charge < -0.3 is 10.3 Å². The maximum Gasteiger partial charge on any atom is 0.265 e. The summed E-state index contributed by atoms with van der Waals surface area (Å²) in [6.45, 7) is 0.313. The Hall–Kier alpha value is -1.93. The molecule has 3 rings (SSSR count). The molecule has 0 aromatic carbocycles. The van der Waals surface area contributed by atoms with Crippen LogP contribution in [0.4, 0.5) is 5.95 Å². The van der Waals surface area contributed by atoms with Crippen molar-refractivity contribution in [2.45, 2.75) is 30.3 Å². The van der Waals surface area contributed by atoms with E-state index >= 15 is 0 Å². The number of rotatable bonds is 5. The van der Waals surface area contributed by atoms with Gasteiger partial charge in [-0.15, -0.1) is 0 Å². The molecule has 0 spiro atoms. The molecule has 1 aliphatic carbocycles. The topological polar surface area (TPSA) is 103 Å². The molecule has 1 saturated carbocycles. The number of hydrogen-bond acceptors (Lipinski definition) is 5. The SMILES string of the molecule is NCc1cc(S(=O)(=O)Nc2ncccn2)cn1C1CC1. The summed E-state index contributed by atoms with van der Waals surface area (Å²) in [5.41, 5.74) is 6.49. The number of aromatic nitrogens is 3. The van der Waals surface area contributed by atoms with Crippen molar-refractivity contribution in [1.82, 2.24) is 14.5 Å². The molecule has 2 aromatic heterocycles. The van der Waals surface area contributed by atoms with Crippen molar-refractivity contribution in [3.63, 3.8) is 0 Å². The first kappa shape index (κ1) is 13.1. The first-order chi connectivity index (χ1) is 9.60. The Morgan fingerprint density at radius 3 is 2.65 bits per heavy atom. The van der Waals surface area contributed by atoms with Crippen LogP contribution in [0.15, 0.2) is 35.6 Å². The van der Waals surface area contributed by atoms with Crippen LogP contribution in [-0.4, -0.2) is 23.0 Å². The molecule has 0 saturated heterocycles. The van der Waals surface area contributed by atoms with Crippen LogP contribution in [0.25, 0.3) is 0 Å².